The van der Waals surface area contributed by atoms with E-state index >= 15 is 0 Å². The minimum Gasteiger partial charge on any atom is -0.478 e. The molecule has 1 N–H and O–H groups in total. The highest BCUT2D eigenvalue weighted by atomic mass is 35.5. The van der Waals surface area contributed by atoms with Crippen molar-refractivity contribution in [3.05, 3.63) is 59.1 Å². The zero-order valence-electron chi connectivity index (χ0n) is 11.5. The zero-order chi connectivity index (χ0) is 17.0. The van der Waals surface area contributed by atoms with Crippen LogP contribution >= 0.6 is 11.6 Å². The molecule has 0 aliphatic heterocycles. The number of alkyl halides is 3. The Morgan fingerprint density at radius 3 is 2.48 bits per heavy atom. The number of aliphatic carboxylic acids is 1. The fraction of sp³-hybridized carbons (Fsp3) is 0.0625. The predicted octanol–water partition coefficient (Wildman–Crippen LogP) is 5.00. The molecule has 0 saturated heterocycles. The summed E-state index contributed by atoms with van der Waals surface area (Å²) in [5.41, 5.74) is 0.727. The van der Waals surface area contributed by atoms with Gasteiger partial charge in [-0.15, -0.1) is 13.2 Å². The van der Waals surface area contributed by atoms with Crippen molar-refractivity contribution in [1.82, 2.24) is 0 Å². The summed E-state index contributed by atoms with van der Waals surface area (Å²) in [6, 6.07) is 10.1. The first-order valence-electron chi connectivity index (χ1n) is 6.32. The summed E-state index contributed by atoms with van der Waals surface area (Å²) >= 11 is 6.10. The summed E-state index contributed by atoms with van der Waals surface area (Å²) in [5.74, 6) is -1.60. The smallest absolute Gasteiger partial charge is 0.478 e. The van der Waals surface area contributed by atoms with Crippen LogP contribution in [-0.2, 0) is 4.79 Å². The Labute approximate surface area is 134 Å². The fourth-order valence-electron chi connectivity index (χ4n) is 2.01. The number of hydrogen-bond acceptors (Lipinski definition) is 2. The molecule has 0 heterocycles. The number of carboxylic acid groups (broad SMARTS) is 1. The molecule has 2 rings (SSSR count). The Kier molecular flexibility index (Phi) is 4.95. The van der Waals surface area contributed by atoms with Gasteiger partial charge in [0, 0.05) is 22.2 Å². The number of hydrogen-bond donors (Lipinski definition) is 1. The van der Waals surface area contributed by atoms with Gasteiger partial charge in [-0.2, -0.15) is 0 Å². The monoisotopic (exact) mass is 342 g/mol. The van der Waals surface area contributed by atoms with Crippen LogP contribution in [0.1, 0.15) is 5.56 Å². The third-order valence-corrected chi connectivity index (χ3v) is 3.15. The average molecular weight is 343 g/mol. The van der Waals surface area contributed by atoms with E-state index < -0.39 is 18.1 Å². The molecule has 0 aliphatic rings. The SMILES string of the molecule is O=C(O)/C=C\c1cccc(Cl)c1-c1ccccc1OC(F)(F)F. The van der Waals surface area contributed by atoms with Crippen LogP contribution in [-0.4, -0.2) is 17.4 Å². The molecule has 0 radical (unpaired) electrons. The van der Waals surface area contributed by atoms with Crippen LogP contribution in [0.2, 0.25) is 5.02 Å². The molecule has 120 valence electrons. The van der Waals surface area contributed by atoms with Crippen molar-refractivity contribution in [2.24, 2.45) is 0 Å². The molecule has 0 atom stereocenters. The van der Waals surface area contributed by atoms with Gasteiger partial charge >= 0.3 is 12.3 Å². The summed E-state index contributed by atoms with van der Waals surface area (Å²) in [6.07, 6.45) is -2.72. The van der Waals surface area contributed by atoms with Gasteiger partial charge in [0.15, 0.2) is 0 Å². The third-order valence-electron chi connectivity index (χ3n) is 2.83. The summed E-state index contributed by atoms with van der Waals surface area (Å²) in [5, 5.41) is 8.90. The van der Waals surface area contributed by atoms with E-state index in [1.165, 1.54) is 30.3 Å². The highest BCUT2D eigenvalue weighted by molar-refractivity contribution is 6.33. The van der Waals surface area contributed by atoms with Gasteiger partial charge in [0.05, 0.1) is 0 Å². The van der Waals surface area contributed by atoms with Gasteiger partial charge < -0.3 is 9.84 Å². The number of para-hydroxylation sites is 1. The van der Waals surface area contributed by atoms with Crippen molar-refractivity contribution in [1.29, 1.82) is 0 Å². The maximum absolute atomic E-state index is 12.5. The lowest BCUT2D eigenvalue weighted by atomic mass is 9.98. The molecule has 3 nitrogen and oxygen atoms in total. The van der Waals surface area contributed by atoms with Crippen molar-refractivity contribution in [2.45, 2.75) is 6.36 Å². The normalized spacial score (nSPS) is 11.7. The van der Waals surface area contributed by atoms with Gasteiger partial charge in [0.1, 0.15) is 5.75 Å². The largest absolute Gasteiger partial charge is 0.573 e. The van der Waals surface area contributed by atoms with E-state index in [9.17, 15) is 18.0 Å². The highest BCUT2D eigenvalue weighted by Gasteiger charge is 2.32. The summed E-state index contributed by atoms with van der Waals surface area (Å²) in [7, 11) is 0. The van der Waals surface area contributed by atoms with Gasteiger partial charge in [-0.05, 0) is 23.8 Å². The molecule has 0 aliphatic carbocycles. The lowest BCUT2D eigenvalue weighted by Crippen LogP contribution is -2.17. The minimum atomic E-state index is -4.85. The van der Waals surface area contributed by atoms with Crippen molar-refractivity contribution < 1.29 is 27.8 Å². The highest BCUT2D eigenvalue weighted by Crippen LogP contribution is 2.39. The van der Waals surface area contributed by atoms with Gasteiger partial charge in [-0.3, -0.25) is 0 Å². The van der Waals surface area contributed by atoms with Crippen LogP contribution in [0.4, 0.5) is 13.2 Å². The maximum Gasteiger partial charge on any atom is 0.573 e. The summed E-state index contributed by atoms with van der Waals surface area (Å²) in [4.78, 5) is 10.7. The first kappa shape index (κ1) is 16.9. The second-order valence-electron chi connectivity index (χ2n) is 4.42. The summed E-state index contributed by atoms with van der Waals surface area (Å²) < 4.78 is 41.7. The fourth-order valence-corrected chi connectivity index (χ4v) is 2.30. The van der Waals surface area contributed by atoms with Crippen LogP contribution < -0.4 is 4.74 Å². The molecule has 7 heteroatoms. The summed E-state index contributed by atoms with van der Waals surface area (Å²) in [6.45, 7) is 0. The second kappa shape index (κ2) is 6.75. The van der Waals surface area contributed by atoms with Crippen molar-refractivity contribution in [3.63, 3.8) is 0 Å². The van der Waals surface area contributed by atoms with Crippen LogP contribution in [0.3, 0.4) is 0 Å². The van der Waals surface area contributed by atoms with Crippen LogP contribution in [0.25, 0.3) is 17.2 Å². The van der Waals surface area contributed by atoms with E-state index in [-0.39, 0.29) is 16.1 Å². The van der Waals surface area contributed by atoms with E-state index in [0.717, 1.165) is 12.1 Å². The molecular formula is C16H10ClF3O3. The Morgan fingerprint density at radius 2 is 1.83 bits per heavy atom. The number of halogens is 4. The lowest BCUT2D eigenvalue weighted by Gasteiger charge is -2.15. The number of carboxylic acids is 1. The van der Waals surface area contributed by atoms with Crippen LogP contribution in [0.5, 0.6) is 5.75 Å². The lowest BCUT2D eigenvalue weighted by molar-refractivity contribution is -0.274. The van der Waals surface area contributed by atoms with Gasteiger partial charge in [0.2, 0.25) is 0 Å². The van der Waals surface area contributed by atoms with E-state index in [2.05, 4.69) is 4.74 Å². The van der Waals surface area contributed by atoms with Crippen LogP contribution in [0.15, 0.2) is 48.5 Å². The molecule has 0 fully saturated rings. The molecule has 0 amide bonds. The number of rotatable bonds is 4. The van der Waals surface area contributed by atoms with E-state index in [0.29, 0.717) is 5.56 Å². The first-order chi connectivity index (χ1) is 10.8. The van der Waals surface area contributed by atoms with Crippen molar-refractivity contribution in [2.75, 3.05) is 0 Å². The Hall–Kier alpha value is -2.47. The first-order valence-corrected chi connectivity index (χ1v) is 6.70. The minimum absolute atomic E-state index is 0.112. The van der Waals surface area contributed by atoms with E-state index in [1.54, 1.807) is 12.1 Å². The Balaban J connectivity index is 2.61. The molecule has 0 unspecified atom stereocenters. The number of carbonyl (C=O) groups is 1. The van der Waals surface area contributed by atoms with Crippen molar-refractivity contribution in [3.8, 4) is 16.9 Å². The Bertz CT molecular complexity index is 754. The topological polar surface area (TPSA) is 46.5 Å². The maximum atomic E-state index is 12.5. The molecule has 0 bridgehead atoms. The number of ether oxygens (including phenoxy) is 1. The second-order valence-corrected chi connectivity index (χ2v) is 4.83. The third kappa shape index (κ3) is 4.50. The van der Waals surface area contributed by atoms with E-state index in [1.807, 2.05) is 0 Å². The quantitative estimate of drug-likeness (QED) is 0.795. The van der Waals surface area contributed by atoms with Crippen molar-refractivity contribution >= 4 is 23.6 Å². The molecular weight excluding hydrogens is 333 g/mol. The number of benzene rings is 2. The molecule has 2 aromatic carbocycles. The molecule has 0 spiro atoms. The van der Waals surface area contributed by atoms with Gasteiger partial charge in [-0.25, -0.2) is 4.79 Å². The standard InChI is InChI=1S/C16H10ClF3O3/c17-12-6-3-4-10(8-9-14(21)22)15(12)11-5-1-2-7-13(11)23-16(18,19)20/h1-9H,(H,21,22)/b9-8-. The zero-order valence-corrected chi connectivity index (χ0v) is 12.2. The molecule has 0 aromatic heterocycles. The molecule has 23 heavy (non-hydrogen) atoms. The van der Waals surface area contributed by atoms with Crippen LogP contribution in [0, 0.1) is 0 Å². The average Bonchev–Trinajstić information content (AvgIpc) is 2.44. The Morgan fingerprint density at radius 1 is 1.13 bits per heavy atom. The predicted molar refractivity (Wildman–Crippen MR) is 80.2 cm³/mol. The molecule has 0 saturated carbocycles. The van der Waals surface area contributed by atoms with E-state index in [4.69, 9.17) is 16.7 Å². The van der Waals surface area contributed by atoms with Gasteiger partial charge in [0.25, 0.3) is 0 Å². The van der Waals surface area contributed by atoms with Gasteiger partial charge in [-0.1, -0.05) is 41.9 Å². The molecule has 2 aromatic rings.